The summed E-state index contributed by atoms with van der Waals surface area (Å²) in [5.41, 5.74) is 0.831. The van der Waals surface area contributed by atoms with E-state index in [2.05, 4.69) is 25.9 Å². The van der Waals surface area contributed by atoms with Gasteiger partial charge in [-0.3, -0.25) is 10.1 Å². The summed E-state index contributed by atoms with van der Waals surface area (Å²) >= 11 is 3.29. The smallest absolute Gasteiger partial charge is 0.322 e. The second kappa shape index (κ2) is 6.29. The highest BCUT2D eigenvalue weighted by Crippen LogP contribution is 2.33. The number of benzene rings is 1. The Kier molecular flexibility index (Phi) is 4.46. The van der Waals surface area contributed by atoms with Gasteiger partial charge in [-0.05, 0) is 11.6 Å². The Labute approximate surface area is 122 Å². The molecule has 0 spiro atoms. The Morgan fingerprint density at radius 2 is 2.00 bits per heavy atom. The molecule has 1 heterocycles. The first kappa shape index (κ1) is 14.2. The van der Waals surface area contributed by atoms with Gasteiger partial charge >= 0.3 is 6.01 Å². The Balaban J connectivity index is 2.25. The zero-order valence-electron chi connectivity index (χ0n) is 10.4. The van der Waals surface area contributed by atoms with Gasteiger partial charge in [0.25, 0.3) is 5.69 Å². The number of nitrogens with zero attached hydrogens (tertiary/aromatic N) is 3. The van der Waals surface area contributed by atoms with E-state index >= 15 is 0 Å². The first-order chi connectivity index (χ1) is 9.63. The van der Waals surface area contributed by atoms with Gasteiger partial charge in [-0.15, -0.1) is 0 Å². The maximum absolute atomic E-state index is 10.7. The fourth-order valence-corrected chi connectivity index (χ4v) is 1.71. The third kappa shape index (κ3) is 3.21. The van der Waals surface area contributed by atoms with E-state index in [1.807, 2.05) is 0 Å². The number of non-ortho nitro benzene ring substituents is 1. The van der Waals surface area contributed by atoms with Gasteiger partial charge in [-0.25, -0.2) is 9.97 Å². The third-order valence-electron chi connectivity index (χ3n) is 2.40. The quantitative estimate of drug-likeness (QED) is 0.472. The minimum Gasteiger partial charge on any atom is -0.493 e. The van der Waals surface area contributed by atoms with Crippen LogP contribution in [0.25, 0.3) is 0 Å². The lowest BCUT2D eigenvalue weighted by molar-refractivity contribution is -0.384. The molecule has 0 amide bonds. The summed E-state index contributed by atoms with van der Waals surface area (Å²) < 4.78 is 10.5. The lowest BCUT2D eigenvalue weighted by Gasteiger charge is -2.08. The van der Waals surface area contributed by atoms with E-state index in [1.165, 1.54) is 25.3 Å². The maximum atomic E-state index is 10.7. The van der Waals surface area contributed by atoms with E-state index in [9.17, 15) is 10.1 Å². The van der Waals surface area contributed by atoms with Crippen molar-refractivity contribution in [2.75, 3.05) is 7.11 Å². The molecule has 1 aromatic heterocycles. The summed E-state index contributed by atoms with van der Waals surface area (Å²) in [4.78, 5) is 18.2. The summed E-state index contributed by atoms with van der Waals surface area (Å²) in [6.45, 7) is 0. The molecule has 7 nitrogen and oxygen atoms in total. The number of alkyl halides is 1. The Morgan fingerprint density at radius 3 is 2.55 bits per heavy atom. The predicted octanol–water partition coefficient (Wildman–Crippen LogP) is 3.08. The van der Waals surface area contributed by atoms with Crippen LogP contribution in [0.4, 0.5) is 5.69 Å². The molecule has 0 radical (unpaired) electrons. The van der Waals surface area contributed by atoms with Crippen molar-refractivity contribution in [2.24, 2.45) is 0 Å². The second-order valence-corrected chi connectivity index (χ2v) is 4.26. The molecule has 0 aliphatic rings. The number of rotatable bonds is 5. The Morgan fingerprint density at radius 1 is 1.30 bits per heavy atom. The average molecular weight is 340 g/mol. The molecule has 0 fully saturated rings. The summed E-state index contributed by atoms with van der Waals surface area (Å²) in [6.07, 6.45) is 3.24. The van der Waals surface area contributed by atoms with E-state index in [0.717, 1.165) is 5.56 Å². The molecule has 0 bridgehead atoms. The highest BCUT2D eigenvalue weighted by Gasteiger charge is 2.13. The monoisotopic (exact) mass is 339 g/mol. The van der Waals surface area contributed by atoms with Gasteiger partial charge in [0.1, 0.15) is 0 Å². The molecule has 20 heavy (non-hydrogen) atoms. The number of nitro benzene ring substituents is 1. The average Bonchev–Trinajstić information content (AvgIpc) is 2.48. The number of aromatic nitrogens is 2. The van der Waals surface area contributed by atoms with E-state index in [1.54, 1.807) is 12.4 Å². The summed E-state index contributed by atoms with van der Waals surface area (Å²) in [6, 6.07) is 4.19. The molecule has 0 saturated heterocycles. The van der Waals surface area contributed by atoms with Gasteiger partial charge in [0.05, 0.1) is 18.1 Å². The standard InChI is InChI=1S/C12H10BrN3O4/c1-19-11-4-9(16(17)18)2-3-10(11)20-12-14-6-8(5-13)7-15-12/h2-4,6-7H,5H2,1H3. The molecule has 0 aliphatic carbocycles. The molecule has 8 heteroatoms. The van der Waals surface area contributed by atoms with Crippen LogP contribution in [0, 0.1) is 10.1 Å². The predicted molar refractivity (Wildman–Crippen MR) is 74.4 cm³/mol. The van der Waals surface area contributed by atoms with Crippen molar-refractivity contribution in [3.8, 4) is 17.5 Å². The van der Waals surface area contributed by atoms with Crippen LogP contribution in [0.15, 0.2) is 30.6 Å². The van der Waals surface area contributed by atoms with Crippen molar-refractivity contribution in [1.82, 2.24) is 9.97 Å². The van der Waals surface area contributed by atoms with Gasteiger partial charge in [-0.1, -0.05) is 15.9 Å². The van der Waals surface area contributed by atoms with Gasteiger partial charge in [-0.2, -0.15) is 0 Å². The zero-order valence-corrected chi connectivity index (χ0v) is 12.0. The highest BCUT2D eigenvalue weighted by atomic mass is 79.9. The summed E-state index contributed by atoms with van der Waals surface area (Å²) in [5, 5.41) is 11.3. The van der Waals surface area contributed by atoms with Crippen LogP contribution < -0.4 is 9.47 Å². The summed E-state index contributed by atoms with van der Waals surface area (Å²) in [7, 11) is 1.40. The molecule has 1 aromatic carbocycles. The van der Waals surface area contributed by atoms with E-state index in [-0.39, 0.29) is 17.4 Å². The highest BCUT2D eigenvalue weighted by molar-refractivity contribution is 9.08. The van der Waals surface area contributed by atoms with Crippen molar-refractivity contribution in [3.63, 3.8) is 0 Å². The molecule has 0 saturated carbocycles. The molecule has 0 aliphatic heterocycles. The number of ether oxygens (including phenoxy) is 2. The fraction of sp³-hybridized carbons (Fsp3) is 0.167. The van der Waals surface area contributed by atoms with Crippen molar-refractivity contribution in [3.05, 3.63) is 46.3 Å². The molecule has 0 N–H and O–H groups in total. The van der Waals surface area contributed by atoms with Crippen LogP contribution >= 0.6 is 15.9 Å². The van der Waals surface area contributed by atoms with Crippen LogP contribution in [0.5, 0.6) is 17.5 Å². The van der Waals surface area contributed by atoms with Crippen LogP contribution in [0.2, 0.25) is 0 Å². The number of methoxy groups -OCH3 is 1. The topological polar surface area (TPSA) is 87.4 Å². The molecular formula is C12H10BrN3O4. The summed E-state index contributed by atoms with van der Waals surface area (Å²) in [5.74, 6) is 0.553. The largest absolute Gasteiger partial charge is 0.493 e. The van der Waals surface area contributed by atoms with Crippen molar-refractivity contribution in [2.45, 2.75) is 5.33 Å². The Hall–Kier alpha value is -2.22. The van der Waals surface area contributed by atoms with Gasteiger partial charge < -0.3 is 9.47 Å². The Bertz CT molecular complexity index is 619. The molecular weight excluding hydrogens is 330 g/mol. The first-order valence-electron chi connectivity index (χ1n) is 5.51. The van der Waals surface area contributed by atoms with Gasteiger partial charge in [0.2, 0.25) is 0 Å². The number of hydrogen-bond acceptors (Lipinski definition) is 6. The van der Waals surface area contributed by atoms with Crippen LogP contribution in [0.3, 0.4) is 0 Å². The van der Waals surface area contributed by atoms with E-state index in [0.29, 0.717) is 11.1 Å². The lowest BCUT2D eigenvalue weighted by atomic mass is 10.3. The molecule has 0 atom stereocenters. The lowest BCUT2D eigenvalue weighted by Crippen LogP contribution is -1.96. The zero-order chi connectivity index (χ0) is 14.5. The first-order valence-corrected chi connectivity index (χ1v) is 6.63. The van der Waals surface area contributed by atoms with Crippen molar-refractivity contribution < 1.29 is 14.4 Å². The van der Waals surface area contributed by atoms with Gasteiger partial charge in [0.15, 0.2) is 11.5 Å². The normalized spacial score (nSPS) is 10.1. The minimum absolute atomic E-state index is 0.0789. The third-order valence-corrected chi connectivity index (χ3v) is 3.04. The molecule has 2 aromatic rings. The number of nitro groups is 1. The molecule has 104 valence electrons. The van der Waals surface area contributed by atoms with Crippen molar-refractivity contribution in [1.29, 1.82) is 0 Å². The minimum atomic E-state index is -0.506. The molecule has 0 unspecified atom stereocenters. The number of hydrogen-bond donors (Lipinski definition) is 0. The van der Waals surface area contributed by atoms with E-state index in [4.69, 9.17) is 9.47 Å². The van der Waals surface area contributed by atoms with Crippen LogP contribution in [-0.2, 0) is 5.33 Å². The van der Waals surface area contributed by atoms with Crippen LogP contribution in [-0.4, -0.2) is 22.0 Å². The maximum Gasteiger partial charge on any atom is 0.322 e. The van der Waals surface area contributed by atoms with Gasteiger partial charge in [0, 0.05) is 23.8 Å². The van der Waals surface area contributed by atoms with Crippen molar-refractivity contribution >= 4 is 21.6 Å². The second-order valence-electron chi connectivity index (χ2n) is 3.70. The molecule has 2 rings (SSSR count). The van der Waals surface area contributed by atoms with Crippen LogP contribution in [0.1, 0.15) is 5.56 Å². The SMILES string of the molecule is COc1cc([N+](=O)[O-])ccc1Oc1ncc(CBr)cn1. The number of halogens is 1. The van der Waals surface area contributed by atoms with E-state index < -0.39 is 4.92 Å². The fourth-order valence-electron chi connectivity index (χ4n) is 1.42.